The molecule has 0 unspecified atom stereocenters. The van der Waals surface area contributed by atoms with Gasteiger partial charge < -0.3 is 15.4 Å². The SMILES string of the molecule is CC(C)(CNC(=O)OC(C)(C)C)Nc1nc(Cl)ncc1Br. The Morgan fingerprint density at radius 3 is 2.57 bits per heavy atom. The molecule has 0 aliphatic heterocycles. The number of halogens is 2. The molecular formula is C13H20BrClN4O2. The van der Waals surface area contributed by atoms with E-state index in [0.717, 1.165) is 0 Å². The third-order valence-electron chi connectivity index (χ3n) is 2.25. The topological polar surface area (TPSA) is 76.1 Å². The van der Waals surface area contributed by atoms with Crippen LogP contribution < -0.4 is 10.6 Å². The number of hydrogen-bond acceptors (Lipinski definition) is 5. The molecule has 6 nitrogen and oxygen atoms in total. The molecule has 118 valence electrons. The van der Waals surface area contributed by atoms with Crippen LogP contribution in [-0.4, -0.2) is 33.7 Å². The molecule has 0 saturated heterocycles. The Hall–Kier alpha value is -1.08. The van der Waals surface area contributed by atoms with Crippen molar-refractivity contribution in [3.63, 3.8) is 0 Å². The van der Waals surface area contributed by atoms with Gasteiger partial charge in [-0.05, 0) is 62.1 Å². The molecule has 1 heterocycles. The van der Waals surface area contributed by atoms with Crippen LogP contribution in [0.15, 0.2) is 10.7 Å². The summed E-state index contributed by atoms with van der Waals surface area (Å²) in [6, 6.07) is 0. The zero-order valence-corrected chi connectivity index (χ0v) is 15.1. The lowest BCUT2D eigenvalue weighted by Crippen LogP contribution is -2.45. The van der Waals surface area contributed by atoms with Crippen LogP contribution in [0.1, 0.15) is 34.6 Å². The van der Waals surface area contributed by atoms with Crippen molar-refractivity contribution >= 4 is 39.4 Å². The number of nitrogens with zero attached hydrogens (tertiary/aromatic N) is 2. The number of amides is 1. The van der Waals surface area contributed by atoms with Crippen molar-refractivity contribution in [2.45, 2.75) is 45.8 Å². The number of anilines is 1. The van der Waals surface area contributed by atoms with Crippen molar-refractivity contribution in [2.24, 2.45) is 0 Å². The van der Waals surface area contributed by atoms with Crippen LogP contribution in [0, 0.1) is 0 Å². The second-order valence-electron chi connectivity index (χ2n) is 6.20. The Morgan fingerprint density at radius 1 is 1.38 bits per heavy atom. The largest absolute Gasteiger partial charge is 0.444 e. The van der Waals surface area contributed by atoms with E-state index in [2.05, 4.69) is 36.5 Å². The Morgan fingerprint density at radius 2 is 2.00 bits per heavy atom. The minimum atomic E-state index is -0.523. The zero-order chi connectivity index (χ0) is 16.3. The minimum absolute atomic E-state index is 0.150. The molecule has 0 atom stereocenters. The van der Waals surface area contributed by atoms with Crippen LogP contribution in [0.25, 0.3) is 0 Å². The maximum Gasteiger partial charge on any atom is 0.407 e. The first-order valence-corrected chi connectivity index (χ1v) is 7.59. The molecule has 0 saturated carbocycles. The molecule has 0 radical (unpaired) electrons. The number of aromatic nitrogens is 2. The van der Waals surface area contributed by atoms with Gasteiger partial charge in [-0.3, -0.25) is 0 Å². The van der Waals surface area contributed by atoms with Gasteiger partial charge in [-0.1, -0.05) is 0 Å². The predicted molar refractivity (Wildman–Crippen MR) is 86.7 cm³/mol. The van der Waals surface area contributed by atoms with Gasteiger partial charge in [0.05, 0.1) is 10.0 Å². The lowest BCUT2D eigenvalue weighted by Gasteiger charge is -2.28. The highest BCUT2D eigenvalue weighted by Crippen LogP contribution is 2.23. The first-order chi connectivity index (χ1) is 9.48. The molecule has 0 spiro atoms. The van der Waals surface area contributed by atoms with Gasteiger partial charge in [0.25, 0.3) is 0 Å². The van der Waals surface area contributed by atoms with Crippen LogP contribution in [0.3, 0.4) is 0 Å². The number of rotatable bonds is 4. The predicted octanol–water partition coefficient (Wildman–Crippen LogP) is 3.61. The highest BCUT2D eigenvalue weighted by Gasteiger charge is 2.23. The molecule has 1 aromatic rings. The molecule has 8 heteroatoms. The molecule has 0 aliphatic carbocycles. The van der Waals surface area contributed by atoms with Crippen molar-refractivity contribution in [2.75, 3.05) is 11.9 Å². The quantitative estimate of drug-likeness (QED) is 0.782. The average molecular weight is 380 g/mol. The summed E-state index contributed by atoms with van der Waals surface area (Å²) in [6.07, 6.45) is 1.10. The number of nitrogens with one attached hydrogen (secondary N) is 2. The number of hydrogen-bond donors (Lipinski definition) is 2. The van der Waals surface area contributed by atoms with Crippen LogP contribution in [-0.2, 0) is 4.74 Å². The molecule has 1 rings (SSSR count). The fraction of sp³-hybridized carbons (Fsp3) is 0.615. The van der Waals surface area contributed by atoms with Gasteiger partial charge in [0.15, 0.2) is 0 Å². The molecule has 1 amide bonds. The van der Waals surface area contributed by atoms with E-state index in [1.165, 1.54) is 0 Å². The molecule has 0 fully saturated rings. The van der Waals surface area contributed by atoms with Crippen molar-refractivity contribution in [1.29, 1.82) is 0 Å². The molecule has 1 aromatic heterocycles. The van der Waals surface area contributed by atoms with Gasteiger partial charge in [0.1, 0.15) is 11.4 Å². The normalized spacial score (nSPS) is 12.0. The second kappa shape index (κ2) is 6.79. The molecule has 21 heavy (non-hydrogen) atoms. The summed E-state index contributed by atoms with van der Waals surface area (Å²) in [4.78, 5) is 19.6. The summed E-state index contributed by atoms with van der Waals surface area (Å²) in [6.45, 7) is 9.65. The third kappa shape index (κ3) is 6.95. The molecule has 2 N–H and O–H groups in total. The number of carbonyl (C=O) groups excluding carboxylic acids is 1. The number of alkyl carbamates (subject to hydrolysis) is 1. The summed E-state index contributed by atoms with van der Waals surface area (Å²) in [7, 11) is 0. The van der Waals surface area contributed by atoms with Gasteiger partial charge in [0, 0.05) is 12.7 Å². The Bertz CT molecular complexity index is 517. The summed E-state index contributed by atoms with van der Waals surface area (Å²) in [5.74, 6) is 0.561. The molecule has 0 aliphatic rings. The van der Waals surface area contributed by atoms with E-state index in [1.54, 1.807) is 6.20 Å². The fourth-order valence-electron chi connectivity index (χ4n) is 1.41. The van der Waals surface area contributed by atoms with Gasteiger partial charge >= 0.3 is 6.09 Å². The minimum Gasteiger partial charge on any atom is -0.444 e. The smallest absolute Gasteiger partial charge is 0.407 e. The molecule has 0 aromatic carbocycles. The van der Waals surface area contributed by atoms with Gasteiger partial charge in [-0.2, -0.15) is 4.98 Å². The van der Waals surface area contributed by atoms with E-state index in [0.29, 0.717) is 16.8 Å². The third-order valence-corrected chi connectivity index (χ3v) is 3.01. The maximum absolute atomic E-state index is 11.7. The summed E-state index contributed by atoms with van der Waals surface area (Å²) >= 11 is 9.12. The Balaban J connectivity index is 2.61. The van der Waals surface area contributed by atoms with Gasteiger partial charge in [0.2, 0.25) is 5.28 Å². The summed E-state index contributed by atoms with van der Waals surface area (Å²) in [5, 5.41) is 6.06. The highest BCUT2D eigenvalue weighted by molar-refractivity contribution is 9.10. The number of ether oxygens (including phenoxy) is 1. The lowest BCUT2D eigenvalue weighted by molar-refractivity contribution is 0.0520. The van der Waals surface area contributed by atoms with E-state index in [9.17, 15) is 4.79 Å². The highest BCUT2D eigenvalue weighted by atomic mass is 79.9. The van der Waals surface area contributed by atoms with Crippen molar-refractivity contribution in [1.82, 2.24) is 15.3 Å². The monoisotopic (exact) mass is 378 g/mol. The number of carbonyl (C=O) groups is 1. The van der Waals surface area contributed by atoms with Crippen LogP contribution in [0.4, 0.5) is 10.6 Å². The second-order valence-corrected chi connectivity index (χ2v) is 7.39. The average Bonchev–Trinajstić information content (AvgIpc) is 2.29. The van der Waals surface area contributed by atoms with E-state index >= 15 is 0 Å². The zero-order valence-electron chi connectivity index (χ0n) is 12.8. The van der Waals surface area contributed by atoms with Crippen molar-refractivity contribution < 1.29 is 9.53 Å². The molecular weight excluding hydrogens is 360 g/mol. The molecule has 0 bridgehead atoms. The van der Waals surface area contributed by atoms with Crippen LogP contribution in [0.2, 0.25) is 5.28 Å². The van der Waals surface area contributed by atoms with Gasteiger partial charge in [-0.15, -0.1) is 0 Å². The summed E-state index contributed by atoms with van der Waals surface area (Å²) < 4.78 is 5.88. The van der Waals surface area contributed by atoms with Crippen molar-refractivity contribution in [3.8, 4) is 0 Å². The van der Waals surface area contributed by atoms with Gasteiger partial charge in [-0.25, -0.2) is 9.78 Å². The standard InChI is InChI=1S/C13H20BrClN4O2/c1-12(2,3)21-11(20)17-7-13(4,5)19-9-8(14)6-16-10(15)18-9/h6H,7H2,1-5H3,(H,17,20)(H,16,18,19). The lowest BCUT2D eigenvalue weighted by atomic mass is 10.1. The summed E-state index contributed by atoms with van der Waals surface area (Å²) in [5.41, 5.74) is -0.970. The van der Waals surface area contributed by atoms with E-state index in [-0.39, 0.29) is 5.28 Å². The first-order valence-electron chi connectivity index (χ1n) is 6.42. The Labute approximate surface area is 138 Å². The van der Waals surface area contributed by atoms with Crippen molar-refractivity contribution in [3.05, 3.63) is 16.0 Å². The van der Waals surface area contributed by atoms with E-state index in [1.807, 2.05) is 34.6 Å². The fourth-order valence-corrected chi connectivity index (χ4v) is 1.83. The van der Waals surface area contributed by atoms with Crippen LogP contribution >= 0.6 is 27.5 Å². The maximum atomic E-state index is 11.7. The first kappa shape index (κ1) is 18.0. The van der Waals surface area contributed by atoms with E-state index in [4.69, 9.17) is 16.3 Å². The Kier molecular flexibility index (Phi) is 5.81. The van der Waals surface area contributed by atoms with Crippen LogP contribution in [0.5, 0.6) is 0 Å². The van der Waals surface area contributed by atoms with E-state index < -0.39 is 17.2 Å².